The predicted octanol–water partition coefficient (Wildman–Crippen LogP) is 1.47. The fourth-order valence-electron chi connectivity index (χ4n) is 1.48. The van der Waals surface area contributed by atoms with E-state index in [1.165, 1.54) is 6.07 Å². The molecule has 1 rings (SSSR count). The molecule has 0 spiro atoms. The molecule has 9 heteroatoms. The van der Waals surface area contributed by atoms with Gasteiger partial charge in [0.1, 0.15) is 0 Å². The third kappa shape index (κ3) is 5.06. The number of benzene rings is 1. The first-order valence-electron chi connectivity index (χ1n) is 6.00. The van der Waals surface area contributed by atoms with E-state index in [-0.39, 0.29) is 27.3 Å². The van der Waals surface area contributed by atoms with Crippen molar-refractivity contribution in [2.75, 3.05) is 12.8 Å². The highest BCUT2D eigenvalue weighted by Gasteiger charge is 2.18. The average molecular weight is 354 g/mol. The number of carboxylic acids is 1. The van der Waals surface area contributed by atoms with Crippen LogP contribution in [-0.2, 0) is 20.8 Å². The van der Waals surface area contributed by atoms with E-state index in [0.717, 1.165) is 12.1 Å². The zero-order valence-electron chi connectivity index (χ0n) is 11.5. The van der Waals surface area contributed by atoms with Crippen LogP contribution in [-0.4, -0.2) is 41.8 Å². The van der Waals surface area contributed by atoms with E-state index in [9.17, 15) is 17.4 Å². The molecule has 1 aromatic carbocycles. The molecular weight excluding hydrogens is 338 g/mol. The molecule has 6 nitrogen and oxygen atoms in total. The fourth-order valence-corrected chi connectivity index (χ4v) is 3.33. The molecule has 0 amide bonds. The molecule has 0 fully saturated rings. The first-order chi connectivity index (χ1) is 9.65. The average Bonchev–Trinajstić information content (AvgIpc) is 2.37. The lowest BCUT2D eigenvalue weighted by Gasteiger charge is -2.10. The van der Waals surface area contributed by atoms with Crippen molar-refractivity contribution in [3.05, 3.63) is 28.8 Å². The minimum Gasteiger partial charge on any atom is -0.478 e. The first-order valence-corrected chi connectivity index (χ1v) is 9.48. The van der Waals surface area contributed by atoms with Gasteiger partial charge in [0.05, 0.1) is 15.5 Å². The third-order valence-corrected chi connectivity index (χ3v) is 6.03. The Bertz CT molecular complexity index is 660. The van der Waals surface area contributed by atoms with Crippen molar-refractivity contribution in [2.24, 2.45) is 0 Å². The van der Waals surface area contributed by atoms with Crippen molar-refractivity contribution < 1.29 is 22.5 Å². The van der Waals surface area contributed by atoms with Crippen LogP contribution in [0.15, 0.2) is 23.1 Å². The molecule has 0 aromatic heterocycles. The second-order valence-corrected chi connectivity index (χ2v) is 8.42. The topological polar surface area (TPSA) is 101 Å². The van der Waals surface area contributed by atoms with Crippen molar-refractivity contribution >= 4 is 38.4 Å². The Balaban J connectivity index is 2.82. The van der Waals surface area contributed by atoms with Gasteiger partial charge < -0.3 is 5.11 Å². The molecular formula is C12H16ClNO5S2. The molecule has 2 unspecified atom stereocenters. The van der Waals surface area contributed by atoms with Crippen LogP contribution < -0.4 is 4.72 Å². The summed E-state index contributed by atoms with van der Waals surface area (Å²) in [6.45, 7) is 1.91. The van der Waals surface area contributed by atoms with Crippen molar-refractivity contribution in [2.45, 2.75) is 23.5 Å². The Hall–Kier alpha value is -0.960. The maximum absolute atomic E-state index is 12.0. The van der Waals surface area contributed by atoms with Gasteiger partial charge in [-0.05, 0) is 24.6 Å². The number of halogens is 1. The SMILES string of the molecule is CC(CCNS(=O)(=O)c1ccc(C(=O)O)c(Cl)c1)S(C)=O. The van der Waals surface area contributed by atoms with Crippen LogP contribution in [0.4, 0.5) is 0 Å². The summed E-state index contributed by atoms with van der Waals surface area (Å²) < 4.78 is 37.6. The van der Waals surface area contributed by atoms with Gasteiger partial charge in [0.25, 0.3) is 0 Å². The smallest absolute Gasteiger partial charge is 0.337 e. The van der Waals surface area contributed by atoms with E-state index in [0.29, 0.717) is 6.42 Å². The Labute approximate surface area is 131 Å². The van der Waals surface area contributed by atoms with E-state index in [1.54, 1.807) is 13.2 Å². The van der Waals surface area contributed by atoms with Crippen LogP contribution in [0.5, 0.6) is 0 Å². The zero-order chi connectivity index (χ0) is 16.2. The summed E-state index contributed by atoms with van der Waals surface area (Å²) in [5.74, 6) is -1.23. The largest absolute Gasteiger partial charge is 0.478 e. The van der Waals surface area contributed by atoms with E-state index in [2.05, 4.69) is 4.72 Å². The molecule has 0 saturated carbocycles. The van der Waals surface area contributed by atoms with Gasteiger partial charge in [-0.15, -0.1) is 0 Å². The highest BCUT2D eigenvalue weighted by molar-refractivity contribution is 7.89. The number of carboxylic acid groups (broad SMARTS) is 1. The van der Waals surface area contributed by atoms with Gasteiger partial charge in [0.2, 0.25) is 10.0 Å². The maximum atomic E-state index is 12.0. The van der Waals surface area contributed by atoms with Gasteiger partial charge in [-0.1, -0.05) is 18.5 Å². The number of rotatable bonds is 7. The number of aromatic carboxylic acids is 1. The summed E-state index contributed by atoms with van der Waals surface area (Å²) in [6.07, 6.45) is 1.99. The summed E-state index contributed by atoms with van der Waals surface area (Å²) in [4.78, 5) is 10.7. The molecule has 0 aliphatic rings. The number of hydrogen-bond acceptors (Lipinski definition) is 4. The predicted molar refractivity (Wildman–Crippen MR) is 81.7 cm³/mol. The summed E-state index contributed by atoms with van der Waals surface area (Å²) in [7, 11) is -4.79. The molecule has 2 atom stereocenters. The minimum atomic E-state index is -3.77. The molecule has 0 aliphatic heterocycles. The van der Waals surface area contributed by atoms with Crippen molar-refractivity contribution in [3.63, 3.8) is 0 Å². The van der Waals surface area contributed by atoms with Gasteiger partial charge in [0, 0.05) is 28.9 Å². The molecule has 1 aromatic rings. The molecule has 0 radical (unpaired) electrons. The van der Waals surface area contributed by atoms with Crippen LogP contribution in [0, 0.1) is 0 Å². The Morgan fingerprint density at radius 3 is 2.57 bits per heavy atom. The first kappa shape index (κ1) is 18.1. The normalized spacial score (nSPS) is 14.6. The minimum absolute atomic E-state index is 0.109. The van der Waals surface area contributed by atoms with Gasteiger partial charge in [-0.25, -0.2) is 17.9 Å². The Kier molecular flexibility index (Phi) is 6.33. The van der Waals surface area contributed by atoms with E-state index in [4.69, 9.17) is 16.7 Å². The lowest BCUT2D eigenvalue weighted by molar-refractivity contribution is 0.0697. The molecule has 0 bridgehead atoms. The van der Waals surface area contributed by atoms with Gasteiger partial charge >= 0.3 is 5.97 Å². The van der Waals surface area contributed by atoms with E-state index < -0.39 is 26.8 Å². The number of nitrogens with one attached hydrogen (secondary N) is 1. The monoisotopic (exact) mass is 353 g/mol. The molecule has 2 N–H and O–H groups in total. The molecule has 0 saturated heterocycles. The van der Waals surface area contributed by atoms with Crippen LogP contribution in [0.3, 0.4) is 0 Å². The summed E-state index contributed by atoms with van der Waals surface area (Å²) in [5.41, 5.74) is -0.161. The number of sulfonamides is 1. The molecule has 118 valence electrons. The van der Waals surface area contributed by atoms with Crippen LogP contribution in [0.1, 0.15) is 23.7 Å². The lowest BCUT2D eigenvalue weighted by atomic mass is 10.2. The van der Waals surface area contributed by atoms with Gasteiger partial charge in [0.15, 0.2) is 0 Å². The number of carbonyl (C=O) groups is 1. The van der Waals surface area contributed by atoms with E-state index >= 15 is 0 Å². The highest BCUT2D eigenvalue weighted by atomic mass is 35.5. The van der Waals surface area contributed by atoms with Gasteiger partial charge in [-0.3, -0.25) is 4.21 Å². The molecule has 0 heterocycles. The highest BCUT2D eigenvalue weighted by Crippen LogP contribution is 2.20. The summed E-state index contributed by atoms with van der Waals surface area (Å²) >= 11 is 5.74. The number of hydrogen-bond donors (Lipinski definition) is 2. The van der Waals surface area contributed by atoms with Crippen LogP contribution >= 0.6 is 11.6 Å². The van der Waals surface area contributed by atoms with E-state index in [1.807, 2.05) is 0 Å². The lowest BCUT2D eigenvalue weighted by Crippen LogP contribution is -2.27. The second kappa shape index (κ2) is 7.35. The quantitative estimate of drug-likeness (QED) is 0.773. The summed E-state index contributed by atoms with van der Waals surface area (Å²) in [6, 6.07) is 3.41. The van der Waals surface area contributed by atoms with Crippen molar-refractivity contribution in [1.29, 1.82) is 0 Å². The zero-order valence-corrected chi connectivity index (χ0v) is 13.9. The standard InChI is InChI=1S/C12H16ClNO5S2/c1-8(20(2)17)5-6-14-21(18,19)9-3-4-10(12(15)16)11(13)7-9/h3-4,7-8,14H,5-6H2,1-2H3,(H,15,16). The third-order valence-electron chi connectivity index (χ3n) is 2.89. The van der Waals surface area contributed by atoms with Gasteiger partial charge in [-0.2, -0.15) is 0 Å². The van der Waals surface area contributed by atoms with Crippen LogP contribution in [0.2, 0.25) is 5.02 Å². The van der Waals surface area contributed by atoms with Crippen molar-refractivity contribution in [3.8, 4) is 0 Å². The fraction of sp³-hybridized carbons (Fsp3) is 0.417. The Morgan fingerprint density at radius 1 is 1.48 bits per heavy atom. The van der Waals surface area contributed by atoms with Crippen molar-refractivity contribution in [1.82, 2.24) is 4.72 Å². The van der Waals surface area contributed by atoms with Crippen LogP contribution in [0.25, 0.3) is 0 Å². The Morgan fingerprint density at radius 2 is 2.10 bits per heavy atom. The molecule has 0 aliphatic carbocycles. The maximum Gasteiger partial charge on any atom is 0.337 e. The second-order valence-electron chi connectivity index (χ2n) is 4.44. The molecule has 21 heavy (non-hydrogen) atoms. The summed E-state index contributed by atoms with van der Waals surface area (Å²) in [5, 5.41) is 8.57.